The van der Waals surface area contributed by atoms with Crippen LogP contribution in [0.4, 0.5) is 4.79 Å². The number of aromatic nitrogens is 2. The van der Waals surface area contributed by atoms with Crippen molar-refractivity contribution in [1.29, 1.82) is 0 Å². The number of carbonyl (C=O) groups excluding carboxylic acids is 2. The average molecular weight is 328 g/mol. The zero-order chi connectivity index (χ0) is 16.5. The summed E-state index contributed by atoms with van der Waals surface area (Å²) >= 11 is 5.87. The van der Waals surface area contributed by atoms with E-state index in [1.54, 1.807) is 44.0 Å². The average Bonchev–Trinajstić information content (AvgIpc) is 2.39. The van der Waals surface area contributed by atoms with Gasteiger partial charge in [0.2, 0.25) is 12.4 Å². The van der Waals surface area contributed by atoms with Gasteiger partial charge in [0, 0.05) is 0 Å². The van der Waals surface area contributed by atoms with Gasteiger partial charge < -0.3 is 4.74 Å². The number of hydrogen-bond donors (Lipinski definition) is 0. The van der Waals surface area contributed by atoms with Crippen molar-refractivity contribution in [2.24, 2.45) is 0 Å². The van der Waals surface area contributed by atoms with E-state index in [1.165, 1.54) is 0 Å². The van der Waals surface area contributed by atoms with E-state index in [0.717, 1.165) is 4.90 Å². The first-order valence-corrected chi connectivity index (χ1v) is 7.38. The van der Waals surface area contributed by atoms with Crippen LogP contribution in [0.25, 0.3) is 0 Å². The molecule has 1 aromatic rings. The van der Waals surface area contributed by atoms with E-state index in [1.807, 2.05) is 11.9 Å². The summed E-state index contributed by atoms with van der Waals surface area (Å²) < 4.78 is 6.98. The van der Waals surface area contributed by atoms with Gasteiger partial charge in [-0.05, 0) is 27.7 Å². The lowest BCUT2D eigenvalue weighted by atomic mass is 10.2. The highest BCUT2D eigenvalue weighted by molar-refractivity contribution is 6.29. The normalized spacial score (nSPS) is 19.3. The van der Waals surface area contributed by atoms with Crippen molar-refractivity contribution in [2.75, 3.05) is 18.1 Å². The van der Waals surface area contributed by atoms with Crippen molar-refractivity contribution in [3.63, 3.8) is 0 Å². The monoisotopic (exact) mass is 327 g/mol. The van der Waals surface area contributed by atoms with E-state index < -0.39 is 11.7 Å². The van der Waals surface area contributed by atoms with Gasteiger partial charge in [0.25, 0.3) is 5.91 Å². The lowest BCUT2D eigenvalue weighted by Gasteiger charge is -2.35. The molecule has 7 nitrogen and oxygen atoms in total. The maximum Gasteiger partial charge on any atom is 0.417 e. The first-order valence-electron chi connectivity index (χ1n) is 7.00. The van der Waals surface area contributed by atoms with E-state index in [-0.39, 0.29) is 25.0 Å². The summed E-state index contributed by atoms with van der Waals surface area (Å²) in [6.45, 7) is 7.54. The van der Waals surface area contributed by atoms with Gasteiger partial charge in [-0.3, -0.25) is 4.79 Å². The smallest absolute Gasteiger partial charge is 0.417 e. The molecule has 2 rings (SSSR count). The molecule has 0 unspecified atom stereocenters. The Morgan fingerprint density at radius 1 is 1.50 bits per heavy atom. The van der Waals surface area contributed by atoms with Crippen LogP contribution in [0.3, 0.4) is 0 Å². The Hall–Kier alpha value is -1.89. The molecule has 1 atom stereocenters. The predicted molar refractivity (Wildman–Crippen MR) is 79.9 cm³/mol. The lowest BCUT2D eigenvalue weighted by Crippen LogP contribution is -2.70. The quantitative estimate of drug-likeness (QED) is 0.723. The fraction of sp³-hybridized carbons (Fsp3) is 0.571. The number of carbonyl (C=O) groups is 2. The summed E-state index contributed by atoms with van der Waals surface area (Å²) in [5.41, 5.74) is -0.634. The minimum Gasteiger partial charge on any atom is -0.443 e. The highest BCUT2D eigenvalue weighted by atomic mass is 35.5. The van der Waals surface area contributed by atoms with Crippen molar-refractivity contribution < 1.29 is 19.0 Å². The molecule has 2 heterocycles. The molecule has 0 saturated carbocycles. The van der Waals surface area contributed by atoms with Gasteiger partial charge >= 0.3 is 6.09 Å². The minimum atomic E-state index is -0.634. The van der Waals surface area contributed by atoms with Crippen LogP contribution in [0.1, 0.15) is 27.7 Å². The van der Waals surface area contributed by atoms with E-state index in [2.05, 4.69) is 4.98 Å². The van der Waals surface area contributed by atoms with E-state index in [4.69, 9.17) is 16.3 Å². The second-order valence-electron chi connectivity index (χ2n) is 6.19. The maximum atomic E-state index is 12.3. The number of piperazine rings is 1. The highest BCUT2D eigenvalue weighted by Gasteiger charge is 2.39. The van der Waals surface area contributed by atoms with E-state index >= 15 is 0 Å². The lowest BCUT2D eigenvalue weighted by molar-refractivity contribution is -0.697. The Kier molecular flexibility index (Phi) is 4.55. The van der Waals surface area contributed by atoms with Gasteiger partial charge in [0.1, 0.15) is 11.6 Å². The Balaban J connectivity index is 2.12. The summed E-state index contributed by atoms with van der Waals surface area (Å²) in [5.74, 6) is -0.312. The molecular weight excluding hydrogens is 308 g/mol. The van der Waals surface area contributed by atoms with Gasteiger partial charge in [-0.25, -0.2) is 14.7 Å². The highest BCUT2D eigenvalue weighted by Crippen LogP contribution is 2.14. The molecule has 0 spiro atoms. The largest absolute Gasteiger partial charge is 0.443 e. The number of nitrogens with zero attached hydrogens (tertiary/aromatic N) is 4. The number of halogens is 1. The van der Waals surface area contributed by atoms with Crippen molar-refractivity contribution >= 4 is 23.6 Å². The number of ether oxygens (including phenoxy) is 1. The standard InChI is InChI=1S/C14H20ClN4O3/c1-10-7-18(13(21)22-14(2,3)4)12(20)9-19(10)17-6-5-16-11(15)8-17/h5-6,8,10H,7,9H2,1-4H3/q+1/t10-/m0/s1. The fourth-order valence-corrected chi connectivity index (χ4v) is 2.32. The molecular formula is C14H20ClN4O3+. The zero-order valence-corrected chi connectivity index (χ0v) is 13.9. The zero-order valence-electron chi connectivity index (χ0n) is 13.1. The molecule has 8 heteroatoms. The summed E-state index contributed by atoms with van der Waals surface area (Å²) in [7, 11) is 0. The third kappa shape index (κ3) is 3.85. The molecule has 1 aliphatic rings. The van der Waals surface area contributed by atoms with Gasteiger partial charge in [0.05, 0.1) is 12.7 Å². The third-order valence-corrected chi connectivity index (χ3v) is 3.32. The summed E-state index contributed by atoms with van der Waals surface area (Å²) in [6, 6.07) is -0.0753. The minimum absolute atomic E-state index is 0.0609. The molecule has 120 valence electrons. The maximum absolute atomic E-state index is 12.3. The van der Waals surface area contributed by atoms with Crippen LogP contribution < -0.4 is 9.69 Å². The number of amides is 2. The SMILES string of the molecule is C[C@H]1CN(C(=O)OC(C)(C)C)C(=O)CN1[n+]1ccnc(Cl)c1. The molecule has 0 aliphatic carbocycles. The molecule has 1 aliphatic heterocycles. The Bertz CT molecular complexity index is 588. The van der Waals surface area contributed by atoms with Crippen molar-refractivity contribution in [2.45, 2.75) is 39.3 Å². The van der Waals surface area contributed by atoms with Crippen LogP contribution in [0.5, 0.6) is 0 Å². The summed E-state index contributed by atoms with van der Waals surface area (Å²) in [5, 5.41) is 2.15. The first-order chi connectivity index (χ1) is 10.2. The van der Waals surface area contributed by atoms with Gasteiger partial charge in [0.15, 0.2) is 11.7 Å². The van der Waals surface area contributed by atoms with Gasteiger partial charge in [-0.15, -0.1) is 0 Å². The molecule has 2 amide bonds. The number of hydrogen-bond acceptors (Lipinski definition) is 5. The van der Waals surface area contributed by atoms with E-state index in [0.29, 0.717) is 5.15 Å². The van der Waals surface area contributed by atoms with Crippen molar-refractivity contribution in [1.82, 2.24) is 9.88 Å². The van der Waals surface area contributed by atoms with Crippen molar-refractivity contribution in [3.05, 3.63) is 23.7 Å². The first kappa shape index (κ1) is 16.5. The third-order valence-electron chi connectivity index (χ3n) is 3.12. The molecule has 0 N–H and O–H groups in total. The van der Waals surface area contributed by atoms with Crippen LogP contribution >= 0.6 is 11.6 Å². The van der Waals surface area contributed by atoms with Gasteiger partial charge in [-0.2, -0.15) is 5.01 Å². The Morgan fingerprint density at radius 2 is 2.18 bits per heavy atom. The van der Waals surface area contributed by atoms with Crippen molar-refractivity contribution in [3.8, 4) is 0 Å². The van der Waals surface area contributed by atoms with E-state index in [9.17, 15) is 9.59 Å². The summed E-state index contributed by atoms with van der Waals surface area (Å²) in [6.07, 6.45) is 4.27. The summed E-state index contributed by atoms with van der Waals surface area (Å²) in [4.78, 5) is 29.4. The molecule has 1 aromatic heterocycles. The Labute approximate surface area is 134 Å². The van der Waals surface area contributed by atoms with Crippen LogP contribution in [-0.2, 0) is 9.53 Å². The number of imide groups is 1. The molecule has 22 heavy (non-hydrogen) atoms. The fourth-order valence-electron chi connectivity index (χ4n) is 2.16. The van der Waals surface area contributed by atoms with Crippen LogP contribution in [0.2, 0.25) is 5.15 Å². The second-order valence-corrected chi connectivity index (χ2v) is 6.58. The topological polar surface area (TPSA) is 66.6 Å². The van der Waals surface area contributed by atoms with Crippen LogP contribution in [0, 0.1) is 0 Å². The molecule has 1 saturated heterocycles. The molecule has 0 radical (unpaired) electrons. The van der Waals surface area contributed by atoms with Gasteiger partial charge in [-0.1, -0.05) is 16.3 Å². The second kappa shape index (κ2) is 6.08. The van der Waals surface area contributed by atoms with Crippen LogP contribution in [0.15, 0.2) is 18.6 Å². The molecule has 1 fully saturated rings. The number of rotatable bonds is 1. The van der Waals surface area contributed by atoms with Crippen LogP contribution in [-0.4, -0.2) is 46.6 Å². The molecule has 0 aromatic carbocycles. The molecule has 0 bridgehead atoms. The predicted octanol–water partition coefficient (Wildman–Crippen LogP) is 1.13. The Morgan fingerprint density at radius 3 is 2.77 bits per heavy atom.